The number of thiophene rings is 2. The Labute approximate surface area is 441 Å². The number of nitrogens with zero attached hydrogens (tertiary/aromatic N) is 3. The van der Waals surface area contributed by atoms with E-state index in [1.165, 1.54) is 27.3 Å². The molecular formula is C60H109N5O3S2. The van der Waals surface area contributed by atoms with E-state index in [-0.39, 0.29) is 21.7 Å². The van der Waals surface area contributed by atoms with Crippen molar-refractivity contribution < 1.29 is 14.0 Å². The van der Waals surface area contributed by atoms with Gasteiger partial charge in [-0.2, -0.15) is 21.5 Å². The third kappa shape index (κ3) is 34.2. The maximum absolute atomic E-state index is 5.31. The number of H-pyrrole nitrogens is 2. The Morgan fingerprint density at radius 1 is 0.500 bits per heavy atom. The van der Waals surface area contributed by atoms with Crippen LogP contribution in [0.1, 0.15) is 241 Å². The molecule has 0 amide bonds. The van der Waals surface area contributed by atoms with Crippen LogP contribution in [0.15, 0.2) is 94.0 Å². The fraction of sp³-hybridized carbons (Fsp3) is 0.617. The Morgan fingerprint density at radius 2 is 1.03 bits per heavy atom. The fourth-order valence-electron chi connectivity index (χ4n) is 4.69. The van der Waals surface area contributed by atoms with Crippen molar-refractivity contribution in [3.8, 4) is 11.5 Å². The minimum Gasteiger partial charge on any atom is -0.454 e. The number of benzene rings is 1. The van der Waals surface area contributed by atoms with Gasteiger partial charge in [0.25, 0.3) is 0 Å². The molecule has 8 nitrogen and oxygen atoms in total. The molecule has 0 unspecified atom stereocenters. The molecule has 2 N–H and O–H groups in total. The van der Waals surface area contributed by atoms with Crippen LogP contribution >= 0.6 is 22.7 Å². The SMILES string of the molecule is CC.CC.CC.CC.CC.CC.CC(C)(C)c1ccc2c(c1)OCO2.CC(C)(C)c1cccs1.CC(C)(C)c1ccn[nH]1.CC(C)(C)c1ccon1.CC(C)(C)c1ccsc1.CC(C)(C)c1cn[nH]c1. The van der Waals surface area contributed by atoms with Gasteiger partial charge in [-0.3, -0.25) is 10.2 Å². The zero-order valence-electron chi connectivity index (χ0n) is 50.8. The van der Waals surface area contributed by atoms with E-state index < -0.39 is 0 Å². The van der Waals surface area contributed by atoms with E-state index in [1.807, 2.05) is 125 Å². The van der Waals surface area contributed by atoms with Crippen molar-refractivity contribution in [1.29, 1.82) is 0 Å². The van der Waals surface area contributed by atoms with E-state index in [4.69, 9.17) is 14.0 Å². The van der Waals surface area contributed by atoms with E-state index in [0.717, 1.165) is 17.2 Å². The number of ether oxygens (including phenoxy) is 2. The van der Waals surface area contributed by atoms with Gasteiger partial charge >= 0.3 is 0 Å². The van der Waals surface area contributed by atoms with Crippen LogP contribution in [0, 0.1) is 0 Å². The summed E-state index contributed by atoms with van der Waals surface area (Å²) in [6.07, 6.45) is 7.17. The third-order valence-electron chi connectivity index (χ3n) is 8.77. The smallest absolute Gasteiger partial charge is 0.231 e. The Morgan fingerprint density at radius 3 is 1.30 bits per heavy atom. The molecule has 1 aliphatic heterocycles. The first kappa shape index (κ1) is 74.8. The molecule has 1 aliphatic rings. The van der Waals surface area contributed by atoms with E-state index in [1.54, 1.807) is 23.8 Å². The van der Waals surface area contributed by atoms with Crippen molar-refractivity contribution in [3.63, 3.8) is 0 Å². The van der Waals surface area contributed by atoms with Gasteiger partial charge in [0.05, 0.1) is 11.9 Å². The summed E-state index contributed by atoms with van der Waals surface area (Å²) >= 11 is 3.60. The molecule has 0 fully saturated rings. The van der Waals surface area contributed by atoms with Crippen LogP contribution in [0.25, 0.3) is 0 Å². The number of aromatic amines is 2. The molecule has 70 heavy (non-hydrogen) atoms. The number of fused-ring (bicyclic) bond motifs is 1. The standard InChI is InChI=1S/C11H14O2.2C8H12S.2C7H12N2.C7H11NO.6C2H6/c1-11(2,3)8-4-5-9-10(6-8)13-7-12-9;1-8(2,3)7-4-5-9-6-7;1-8(2,3)7-5-4-6-9-7;1-7(2,3)6-4-8-9-5-6;1-7(2,3)6-4-5-8-9-6;1-7(2,3)6-4-5-9-8-6;6*1-2/h4-6H,7H2,1-3H3;2*4-6H,1-3H3;2*4-5H,1-3H3,(H,8,9);4-5H,1-3H3;6*1-2H3. The second-order valence-corrected chi connectivity index (χ2v) is 22.1. The Bertz CT molecular complexity index is 1670. The van der Waals surface area contributed by atoms with Crippen molar-refractivity contribution >= 4 is 22.7 Å². The number of hydrogen-bond donors (Lipinski definition) is 2. The average molecular weight is 1010 g/mol. The molecule has 0 spiro atoms. The highest BCUT2D eigenvalue weighted by atomic mass is 32.1. The minimum absolute atomic E-state index is 0.118. The summed E-state index contributed by atoms with van der Waals surface area (Å²) in [6.45, 7) is 63.6. The highest BCUT2D eigenvalue weighted by Crippen LogP contribution is 2.36. The molecule has 5 aromatic heterocycles. The van der Waals surface area contributed by atoms with E-state index in [9.17, 15) is 0 Å². The first-order valence-electron chi connectivity index (χ1n) is 26.0. The lowest BCUT2D eigenvalue weighted by Gasteiger charge is -2.18. The topological polar surface area (TPSA) is 102 Å². The van der Waals surface area contributed by atoms with Crippen LogP contribution in [0.3, 0.4) is 0 Å². The molecule has 404 valence electrons. The second-order valence-electron chi connectivity index (χ2n) is 20.4. The largest absolute Gasteiger partial charge is 0.454 e. The van der Waals surface area contributed by atoms with Gasteiger partial charge in [0.1, 0.15) is 6.26 Å². The predicted molar refractivity (Wildman–Crippen MR) is 315 cm³/mol. The van der Waals surface area contributed by atoms with Crippen LogP contribution < -0.4 is 9.47 Å². The third-order valence-corrected chi connectivity index (χ3v) is 10.7. The highest BCUT2D eigenvalue weighted by molar-refractivity contribution is 7.10. The van der Waals surface area contributed by atoms with E-state index >= 15 is 0 Å². The zero-order chi connectivity index (χ0) is 56.0. The minimum atomic E-state index is 0.118. The first-order valence-corrected chi connectivity index (χ1v) is 27.8. The quantitative estimate of drug-likeness (QED) is 0.157. The van der Waals surface area contributed by atoms with Gasteiger partial charge in [-0.15, -0.1) is 11.3 Å². The highest BCUT2D eigenvalue weighted by Gasteiger charge is 2.20. The summed E-state index contributed by atoms with van der Waals surface area (Å²) in [4.78, 5) is 1.46. The van der Waals surface area contributed by atoms with Gasteiger partial charge in [-0.05, 0) is 84.8 Å². The van der Waals surface area contributed by atoms with Crippen LogP contribution in [0.2, 0.25) is 0 Å². The van der Waals surface area contributed by atoms with Crippen molar-refractivity contribution in [2.75, 3.05) is 6.79 Å². The number of rotatable bonds is 0. The molecule has 0 bridgehead atoms. The lowest BCUT2D eigenvalue weighted by Crippen LogP contribution is -2.11. The van der Waals surface area contributed by atoms with Gasteiger partial charge < -0.3 is 14.0 Å². The van der Waals surface area contributed by atoms with Crippen molar-refractivity contribution in [2.24, 2.45) is 0 Å². The summed E-state index contributed by atoms with van der Waals surface area (Å²) < 4.78 is 15.2. The van der Waals surface area contributed by atoms with Gasteiger partial charge in [0.2, 0.25) is 6.79 Å². The van der Waals surface area contributed by atoms with Gasteiger partial charge in [-0.25, -0.2) is 0 Å². The molecule has 6 heterocycles. The molecule has 0 saturated carbocycles. The summed E-state index contributed by atoms with van der Waals surface area (Å²) in [5.41, 5.74) is 7.54. The monoisotopic (exact) mass is 1010 g/mol. The van der Waals surface area contributed by atoms with E-state index in [2.05, 4.69) is 197 Å². The van der Waals surface area contributed by atoms with E-state index in [0.29, 0.717) is 17.6 Å². The lowest BCUT2D eigenvalue weighted by molar-refractivity contribution is 0.174. The Balaban J connectivity index is -0.000000232. The lowest BCUT2D eigenvalue weighted by atomic mass is 9.87. The maximum atomic E-state index is 5.31. The molecule has 7 rings (SSSR count). The van der Waals surface area contributed by atoms with Crippen LogP contribution in [0.5, 0.6) is 11.5 Å². The van der Waals surface area contributed by atoms with Crippen LogP contribution in [-0.2, 0) is 32.5 Å². The normalized spacial score (nSPS) is 10.9. The fourth-order valence-corrected chi connectivity index (χ4v) is 6.39. The predicted octanol–water partition coefficient (Wildman–Crippen LogP) is 20.3. The molecular weight excluding hydrogens is 903 g/mol. The maximum Gasteiger partial charge on any atom is 0.231 e. The first-order chi connectivity index (χ1) is 32.6. The number of nitrogens with one attached hydrogen (secondary N) is 2. The summed E-state index contributed by atoms with van der Waals surface area (Å²) in [5, 5.41) is 23.7. The molecule has 6 aromatic rings. The molecule has 1 aromatic carbocycles. The summed E-state index contributed by atoms with van der Waals surface area (Å²) in [6, 6.07) is 16.5. The average Bonchev–Trinajstić information content (AvgIpc) is 4.17. The van der Waals surface area contributed by atoms with Gasteiger partial charge in [0.15, 0.2) is 11.5 Å². The Kier molecular flexibility index (Phi) is 42.2. The zero-order valence-corrected chi connectivity index (χ0v) is 52.4. The van der Waals surface area contributed by atoms with Crippen LogP contribution in [-0.4, -0.2) is 32.3 Å². The summed E-state index contributed by atoms with van der Waals surface area (Å²) in [7, 11) is 0. The molecule has 0 saturated heterocycles. The summed E-state index contributed by atoms with van der Waals surface area (Å²) in [5.74, 6) is 1.72. The second kappa shape index (κ2) is 39.5. The molecule has 10 heteroatoms. The Hall–Kier alpha value is -4.15. The van der Waals surface area contributed by atoms with Crippen LogP contribution in [0.4, 0.5) is 0 Å². The molecule has 0 radical (unpaired) electrons. The molecule has 0 atom stereocenters. The van der Waals surface area contributed by atoms with Gasteiger partial charge in [-0.1, -0.05) is 225 Å². The van der Waals surface area contributed by atoms with Crippen molar-refractivity contribution in [1.82, 2.24) is 25.6 Å². The number of hydrogen-bond acceptors (Lipinski definition) is 8. The molecule has 0 aliphatic carbocycles. The van der Waals surface area contributed by atoms with Crippen molar-refractivity contribution in [2.45, 2.75) is 240 Å². The van der Waals surface area contributed by atoms with Crippen molar-refractivity contribution in [3.05, 3.63) is 122 Å². The number of aromatic nitrogens is 5. The van der Waals surface area contributed by atoms with Gasteiger partial charge in [0, 0.05) is 39.9 Å².